The van der Waals surface area contributed by atoms with Crippen LogP contribution >= 0.6 is 24.0 Å². The van der Waals surface area contributed by atoms with Crippen LogP contribution in [0, 0.1) is 6.92 Å². The van der Waals surface area contributed by atoms with E-state index < -0.39 is 6.16 Å². The Hall–Kier alpha value is -3.37. The molecule has 0 radical (unpaired) electrons. The highest BCUT2D eigenvalue weighted by Crippen LogP contribution is 2.36. The van der Waals surface area contributed by atoms with Gasteiger partial charge in [0.2, 0.25) is 0 Å². The molecular weight excluding hydrogens is 593 g/mol. The van der Waals surface area contributed by atoms with Gasteiger partial charge in [-0.25, -0.2) is 9.78 Å². The van der Waals surface area contributed by atoms with E-state index in [1.807, 2.05) is 36.4 Å². The molecule has 2 aromatic carbocycles. The molecule has 0 atom stereocenters. The van der Waals surface area contributed by atoms with Crippen LogP contribution in [0.15, 0.2) is 54.6 Å². The molecule has 3 aromatic rings. The first-order valence-corrected chi connectivity index (χ1v) is 14.7. The molecule has 1 saturated carbocycles. The second kappa shape index (κ2) is 16.5. The van der Waals surface area contributed by atoms with Gasteiger partial charge in [-0.05, 0) is 93.9 Å². The highest BCUT2D eigenvalue weighted by Gasteiger charge is 2.23. The average molecular weight is 633 g/mol. The smallest absolute Gasteiger partial charge is 0.491 e. The monoisotopic (exact) mass is 631 g/mol. The third-order valence-corrected chi connectivity index (χ3v) is 7.98. The number of amides is 1. The van der Waals surface area contributed by atoms with Gasteiger partial charge in [0.1, 0.15) is 18.1 Å². The maximum absolute atomic E-state index is 13.2. The number of nitrogens with one attached hydrogen (secondary N) is 1. The normalized spacial score (nSPS) is 18.1. The van der Waals surface area contributed by atoms with E-state index in [9.17, 15) is 9.90 Å². The second-order valence-corrected chi connectivity index (χ2v) is 11.1. The lowest BCUT2D eigenvalue weighted by molar-refractivity contribution is 0.0863. The first kappa shape index (κ1) is 34.1. The number of carboxylic acid groups (broad SMARTS) is 2. The number of pyridine rings is 1. The number of rotatable bonds is 8. The van der Waals surface area contributed by atoms with Gasteiger partial charge in [-0.3, -0.25) is 9.69 Å². The topological polar surface area (TPSA) is 132 Å². The Balaban J connectivity index is 0.000000954. The molecule has 9 nitrogen and oxygen atoms in total. The molecule has 1 aliphatic heterocycles. The quantitative estimate of drug-likeness (QED) is 0.221. The maximum atomic E-state index is 13.2. The molecule has 1 saturated heterocycles. The van der Waals surface area contributed by atoms with E-state index in [0.29, 0.717) is 41.6 Å². The van der Waals surface area contributed by atoms with Crippen molar-refractivity contribution in [1.82, 2.24) is 15.2 Å². The third kappa shape index (κ3) is 9.83. The van der Waals surface area contributed by atoms with Crippen LogP contribution in [-0.4, -0.2) is 75.7 Å². The van der Waals surface area contributed by atoms with Crippen molar-refractivity contribution in [1.29, 1.82) is 0 Å². The van der Waals surface area contributed by atoms with E-state index in [1.54, 1.807) is 6.07 Å². The number of likely N-dealkylation sites (tertiary alicyclic amines) is 1. The van der Waals surface area contributed by atoms with Crippen molar-refractivity contribution in [3.63, 3.8) is 0 Å². The standard InChI is InChI=1S/C31H36ClN3O3.CH2O3.ClH/c1-21-6-2-3-7-25(21)26-13-15-28(31(37)33-23-9-11-24(36)12-10-23)34-30(26)22-8-14-27(32)29(20-22)38-19-18-35-16-4-5-17-35;2-1(3)4;/h2-3,6-8,13-15,20,23-24,36H,4-5,9-12,16-19H2,1H3,(H,33,37);(H2,2,3,4);1H. The van der Waals surface area contributed by atoms with Crippen molar-refractivity contribution in [2.75, 3.05) is 26.2 Å². The van der Waals surface area contributed by atoms with E-state index >= 15 is 0 Å². The molecule has 2 fully saturated rings. The Morgan fingerprint density at radius 2 is 1.67 bits per heavy atom. The molecule has 2 heterocycles. The molecular formula is C32H39Cl2N3O6. The Morgan fingerprint density at radius 3 is 2.35 bits per heavy atom. The molecule has 0 bridgehead atoms. The molecule has 0 spiro atoms. The van der Waals surface area contributed by atoms with Gasteiger partial charge in [0.05, 0.1) is 16.8 Å². The summed E-state index contributed by atoms with van der Waals surface area (Å²) in [5.41, 5.74) is 5.08. The van der Waals surface area contributed by atoms with Gasteiger partial charge in [-0.1, -0.05) is 41.9 Å². The summed E-state index contributed by atoms with van der Waals surface area (Å²) in [5.74, 6) is 0.427. The van der Waals surface area contributed by atoms with Crippen molar-refractivity contribution in [2.24, 2.45) is 0 Å². The molecule has 4 N–H and O–H groups in total. The van der Waals surface area contributed by atoms with Crippen molar-refractivity contribution in [3.8, 4) is 28.1 Å². The SMILES string of the molecule is Cc1ccccc1-c1ccc(C(=O)NC2CCC(O)CC2)nc1-c1ccc(Cl)c(OCCN2CCCC2)c1.Cl.O=C(O)O. The summed E-state index contributed by atoms with van der Waals surface area (Å²) in [6.07, 6.45) is 3.36. The van der Waals surface area contributed by atoms with Crippen LogP contribution in [0.25, 0.3) is 22.4 Å². The zero-order valence-electron chi connectivity index (χ0n) is 24.2. The fraction of sp³-hybridized carbons (Fsp3) is 0.406. The van der Waals surface area contributed by atoms with Gasteiger partial charge < -0.3 is 25.4 Å². The summed E-state index contributed by atoms with van der Waals surface area (Å²) in [6, 6.07) is 17.7. The molecule has 1 amide bonds. The second-order valence-electron chi connectivity index (χ2n) is 10.7. The predicted molar refractivity (Wildman–Crippen MR) is 170 cm³/mol. The molecule has 43 heavy (non-hydrogen) atoms. The van der Waals surface area contributed by atoms with Crippen LogP contribution in [-0.2, 0) is 0 Å². The lowest BCUT2D eigenvalue weighted by atomic mass is 9.93. The van der Waals surface area contributed by atoms with Crippen LogP contribution < -0.4 is 10.1 Å². The first-order chi connectivity index (χ1) is 20.2. The number of aliphatic hydroxyl groups is 1. The minimum Gasteiger partial charge on any atom is -0.491 e. The molecule has 11 heteroatoms. The number of carbonyl (C=O) groups excluding carboxylic acids is 1. The molecule has 0 unspecified atom stereocenters. The molecule has 1 aromatic heterocycles. The summed E-state index contributed by atoms with van der Waals surface area (Å²) < 4.78 is 6.12. The summed E-state index contributed by atoms with van der Waals surface area (Å²) in [4.78, 5) is 29.0. The summed E-state index contributed by atoms with van der Waals surface area (Å²) in [5, 5.41) is 27.4. The number of ether oxygens (including phenoxy) is 1. The van der Waals surface area contributed by atoms with Crippen molar-refractivity contribution < 1.29 is 29.6 Å². The number of halogens is 2. The highest BCUT2D eigenvalue weighted by atomic mass is 35.5. The Kier molecular flexibility index (Phi) is 13.1. The number of hydrogen-bond donors (Lipinski definition) is 4. The number of carbonyl (C=O) groups is 2. The Bertz CT molecular complexity index is 1370. The van der Waals surface area contributed by atoms with Gasteiger partial charge in [-0.15, -0.1) is 12.4 Å². The highest BCUT2D eigenvalue weighted by molar-refractivity contribution is 6.32. The third-order valence-electron chi connectivity index (χ3n) is 7.66. The molecule has 5 rings (SSSR count). The lowest BCUT2D eigenvalue weighted by Crippen LogP contribution is -2.38. The average Bonchev–Trinajstić information content (AvgIpc) is 3.49. The van der Waals surface area contributed by atoms with Crippen molar-refractivity contribution in [2.45, 2.75) is 57.6 Å². The summed E-state index contributed by atoms with van der Waals surface area (Å²) in [6.45, 7) is 5.77. The van der Waals surface area contributed by atoms with Gasteiger partial charge in [0, 0.05) is 23.7 Å². The number of aliphatic hydroxyl groups excluding tert-OH is 1. The van der Waals surface area contributed by atoms with E-state index in [2.05, 4.69) is 29.3 Å². The van der Waals surface area contributed by atoms with Gasteiger partial charge in [0.25, 0.3) is 5.91 Å². The fourth-order valence-electron chi connectivity index (χ4n) is 5.43. The summed E-state index contributed by atoms with van der Waals surface area (Å²) in [7, 11) is 0. The van der Waals surface area contributed by atoms with E-state index in [0.717, 1.165) is 54.7 Å². The van der Waals surface area contributed by atoms with Crippen LogP contribution in [0.2, 0.25) is 5.02 Å². The lowest BCUT2D eigenvalue weighted by Gasteiger charge is -2.26. The van der Waals surface area contributed by atoms with E-state index in [-0.39, 0.29) is 30.5 Å². The largest absolute Gasteiger partial charge is 0.503 e. The van der Waals surface area contributed by atoms with Gasteiger partial charge >= 0.3 is 6.16 Å². The number of aryl methyl sites for hydroxylation is 1. The fourth-order valence-corrected chi connectivity index (χ4v) is 5.60. The van der Waals surface area contributed by atoms with Crippen LogP contribution in [0.3, 0.4) is 0 Å². The Labute approximate surface area is 263 Å². The van der Waals surface area contributed by atoms with Gasteiger partial charge in [0.15, 0.2) is 0 Å². The number of nitrogens with zero attached hydrogens (tertiary/aromatic N) is 2. The number of aromatic nitrogens is 1. The Morgan fingerprint density at radius 1 is 1.00 bits per heavy atom. The molecule has 2 aliphatic rings. The summed E-state index contributed by atoms with van der Waals surface area (Å²) >= 11 is 6.52. The minimum atomic E-state index is -1.83. The van der Waals surface area contributed by atoms with E-state index in [4.69, 9.17) is 36.3 Å². The maximum Gasteiger partial charge on any atom is 0.503 e. The van der Waals surface area contributed by atoms with Crippen molar-refractivity contribution in [3.05, 3.63) is 70.9 Å². The van der Waals surface area contributed by atoms with Gasteiger partial charge in [-0.2, -0.15) is 0 Å². The molecule has 1 aliphatic carbocycles. The first-order valence-electron chi connectivity index (χ1n) is 14.3. The van der Waals surface area contributed by atoms with Crippen LogP contribution in [0.4, 0.5) is 4.79 Å². The molecule has 232 valence electrons. The zero-order chi connectivity index (χ0) is 30.1. The van der Waals surface area contributed by atoms with E-state index in [1.165, 1.54) is 12.8 Å². The number of hydrogen-bond acceptors (Lipinski definition) is 6. The predicted octanol–water partition coefficient (Wildman–Crippen LogP) is 6.53. The van der Waals surface area contributed by atoms with Crippen LogP contribution in [0.5, 0.6) is 5.75 Å². The zero-order valence-corrected chi connectivity index (χ0v) is 25.7. The van der Waals surface area contributed by atoms with Crippen molar-refractivity contribution >= 4 is 36.1 Å². The minimum absolute atomic E-state index is 0. The van der Waals surface area contributed by atoms with Crippen LogP contribution in [0.1, 0.15) is 54.6 Å². The number of benzene rings is 2.